The molecule has 1 aliphatic rings. The SMILES string of the molecule is COC(=O)CCCn1c(Cn2c(=O)n(C3CC3)c3ccccc32)nc(=O)c2ccccc21. The zero-order valence-corrected chi connectivity index (χ0v) is 17.9. The number of methoxy groups -OCH3 is 1. The average Bonchev–Trinajstić information content (AvgIpc) is 3.60. The highest BCUT2D eigenvalue weighted by Gasteiger charge is 2.29. The number of aromatic nitrogens is 4. The first kappa shape index (κ1) is 20.2. The summed E-state index contributed by atoms with van der Waals surface area (Å²) in [5.41, 5.74) is 2.07. The van der Waals surface area contributed by atoms with Crippen molar-refractivity contribution < 1.29 is 9.53 Å². The first-order valence-electron chi connectivity index (χ1n) is 10.8. The molecule has 0 atom stereocenters. The van der Waals surface area contributed by atoms with Crippen LogP contribution in [0.1, 0.15) is 37.5 Å². The van der Waals surface area contributed by atoms with E-state index in [9.17, 15) is 14.4 Å². The molecule has 2 aromatic carbocycles. The Labute approximate surface area is 183 Å². The van der Waals surface area contributed by atoms with Crippen LogP contribution in [0, 0.1) is 0 Å². The molecule has 8 heteroatoms. The Balaban J connectivity index is 1.63. The first-order valence-corrected chi connectivity index (χ1v) is 10.8. The fourth-order valence-corrected chi connectivity index (χ4v) is 4.33. The minimum absolute atomic E-state index is 0.0859. The molecule has 2 aromatic heterocycles. The Morgan fingerprint density at radius 3 is 2.41 bits per heavy atom. The molecule has 0 N–H and O–H groups in total. The predicted octanol–water partition coefficient (Wildman–Crippen LogP) is 2.85. The molecule has 0 spiro atoms. The van der Waals surface area contributed by atoms with Crippen molar-refractivity contribution in [3.8, 4) is 0 Å². The van der Waals surface area contributed by atoms with Gasteiger partial charge in [-0.2, -0.15) is 4.98 Å². The van der Waals surface area contributed by atoms with Gasteiger partial charge in [-0.3, -0.25) is 18.7 Å². The molecular formula is C24H24N4O4. The second-order valence-corrected chi connectivity index (χ2v) is 8.14. The van der Waals surface area contributed by atoms with Gasteiger partial charge in [0.25, 0.3) is 5.56 Å². The van der Waals surface area contributed by atoms with Crippen molar-refractivity contribution in [2.24, 2.45) is 0 Å². The van der Waals surface area contributed by atoms with E-state index in [1.165, 1.54) is 7.11 Å². The van der Waals surface area contributed by atoms with Gasteiger partial charge in [-0.15, -0.1) is 0 Å². The van der Waals surface area contributed by atoms with Crippen LogP contribution in [0.5, 0.6) is 0 Å². The Bertz CT molecular complexity index is 1440. The van der Waals surface area contributed by atoms with Gasteiger partial charge < -0.3 is 9.30 Å². The number of carbonyl (C=O) groups excluding carboxylic acids is 1. The minimum atomic E-state index is -0.321. The van der Waals surface area contributed by atoms with Gasteiger partial charge in [0, 0.05) is 19.0 Å². The maximum atomic E-state index is 13.3. The number of fused-ring (bicyclic) bond motifs is 2. The third-order valence-electron chi connectivity index (χ3n) is 6.04. The summed E-state index contributed by atoms with van der Waals surface area (Å²) in [7, 11) is 1.37. The minimum Gasteiger partial charge on any atom is -0.469 e. The Morgan fingerprint density at radius 2 is 1.69 bits per heavy atom. The number of esters is 1. The quantitative estimate of drug-likeness (QED) is 0.419. The maximum Gasteiger partial charge on any atom is 0.329 e. The number of benzene rings is 2. The third kappa shape index (κ3) is 3.51. The second kappa shape index (κ2) is 8.11. The number of hydrogen-bond acceptors (Lipinski definition) is 5. The number of rotatable bonds is 7. The summed E-state index contributed by atoms with van der Waals surface area (Å²) in [6, 6.07) is 15.3. The number of ether oxygens (including phenoxy) is 1. The topological polar surface area (TPSA) is 88.1 Å². The number of para-hydroxylation sites is 3. The summed E-state index contributed by atoms with van der Waals surface area (Å²) in [4.78, 5) is 42.0. The van der Waals surface area contributed by atoms with Crippen molar-refractivity contribution in [3.05, 3.63) is 75.2 Å². The Kier molecular flexibility index (Phi) is 5.13. The van der Waals surface area contributed by atoms with Crippen molar-refractivity contribution >= 4 is 27.9 Å². The molecule has 164 valence electrons. The average molecular weight is 432 g/mol. The van der Waals surface area contributed by atoms with Gasteiger partial charge in [0.05, 0.1) is 35.6 Å². The summed E-state index contributed by atoms with van der Waals surface area (Å²) in [5.74, 6) is 0.216. The fraction of sp³-hybridized carbons (Fsp3) is 0.333. The normalized spacial score (nSPS) is 13.7. The van der Waals surface area contributed by atoms with E-state index in [1.807, 2.05) is 45.5 Å². The zero-order chi connectivity index (χ0) is 22.2. The Hall–Kier alpha value is -3.68. The van der Waals surface area contributed by atoms with Crippen LogP contribution in [0.15, 0.2) is 58.1 Å². The van der Waals surface area contributed by atoms with E-state index in [-0.39, 0.29) is 36.2 Å². The molecule has 0 aliphatic heterocycles. The standard InChI is InChI=1S/C24H24N4O4/c1-32-22(29)11-6-14-26-18-8-3-2-7-17(18)23(30)25-21(26)15-27-19-9-4-5-10-20(19)28(24(27)31)16-12-13-16/h2-5,7-10,16H,6,11-15H2,1H3. The monoisotopic (exact) mass is 432 g/mol. The van der Waals surface area contributed by atoms with Crippen LogP contribution in [0.4, 0.5) is 0 Å². The van der Waals surface area contributed by atoms with Gasteiger partial charge >= 0.3 is 11.7 Å². The second-order valence-electron chi connectivity index (χ2n) is 8.14. The summed E-state index contributed by atoms with van der Waals surface area (Å²) >= 11 is 0. The molecule has 8 nitrogen and oxygen atoms in total. The number of nitrogens with zero attached hydrogens (tertiary/aromatic N) is 4. The van der Waals surface area contributed by atoms with Crippen molar-refractivity contribution in [1.29, 1.82) is 0 Å². The number of imidazole rings is 1. The van der Waals surface area contributed by atoms with E-state index in [0.29, 0.717) is 24.2 Å². The van der Waals surface area contributed by atoms with Gasteiger partial charge in [0.2, 0.25) is 0 Å². The van der Waals surface area contributed by atoms with Gasteiger partial charge in [0.1, 0.15) is 5.82 Å². The molecule has 0 bridgehead atoms. The summed E-state index contributed by atoms with van der Waals surface area (Å²) in [6.07, 6.45) is 2.80. The van der Waals surface area contributed by atoms with Crippen LogP contribution in [0.2, 0.25) is 0 Å². The highest BCUT2D eigenvalue weighted by molar-refractivity contribution is 5.78. The molecule has 1 aliphatic carbocycles. The van der Waals surface area contributed by atoms with E-state index in [2.05, 4.69) is 4.98 Å². The molecular weight excluding hydrogens is 408 g/mol. The van der Waals surface area contributed by atoms with Crippen molar-refractivity contribution in [1.82, 2.24) is 18.7 Å². The van der Waals surface area contributed by atoms with E-state index >= 15 is 0 Å². The smallest absolute Gasteiger partial charge is 0.329 e. The van der Waals surface area contributed by atoms with Gasteiger partial charge in [-0.25, -0.2) is 4.79 Å². The van der Waals surface area contributed by atoms with Gasteiger partial charge in [-0.1, -0.05) is 24.3 Å². The largest absolute Gasteiger partial charge is 0.469 e. The number of carbonyl (C=O) groups is 1. The molecule has 5 rings (SSSR count). The highest BCUT2D eigenvalue weighted by atomic mass is 16.5. The molecule has 0 unspecified atom stereocenters. The number of aryl methyl sites for hydroxylation is 1. The summed E-state index contributed by atoms with van der Waals surface area (Å²) in [5, 5.41) is 0.516. The van der Waals surface area contributed by atoms with Crippen LogP contribution in [0.25, 0.3) is 21.9 Å². The lowest BCUT2D eigenvalue weighted by atomic mass is 10.2. The van der Waals surface area contributed by atoms with Crippen LogP contribution >= 0.6 is 0 Å². The molecule has 2 heterocycles. The van der Waals surface area contributed by atoms with Crippen LogP contribution in [0.3, 0.4) is 0 Å². The molecule has 0 saturated heterocycles. The lowest BCUT2D eigenvalue weighted by Crippen LogP contribution is -2.28. The predicted molar refractivity (Wildman–Crippen MR) is 121 cm³/mol. The van der Waals surface area contributed by atoms with E-state index in [4.69, 9.17) is 4.74 Å². The lowest BCUT2D eigenvalue weighted by molar-refractivity contribution is -0.140. The van der Waals surface area contributed by atoms with Crippen LogP contribution in [-0.4, -0.2) is 31.8 Å². The van der Waals surface area contributed by atoms with Gasteiger partial charge in [0.15, 0.2) is 0 Å². The van der Waals surface area contributed by atoms with E-state index in [1.54, 1.807) is 16.7 Å². The zero-order valence-electron chi connectivity index (χ0n) is 17.9. The van der Waals surface area contributed by atoms with Crippen LogP contribution < -0.4 is 11.2 Å². The first-order chi connectivity index (χ1) is 15.6. The van der Waals surface area contributed by atoms with Crippen LogP contribution in [-0.2, 0) is 22.6 Å². The van der Waals surface area contributed by atoms with Gasteiger partial charge in [-0.05, 0) is 43.5 Å². The lowest BCUT2D eigenvalue weighted by Gasteiger charge is -2.16. The molecule has 4 aromatic rings. The molecule has 1 fully saturated rings. The Morgan fingerprint density at radius 1 is 1.00 bits per heavy atom. The molecule has 0 radical (unpaired) electrons. The molecule has 32 heavy (non-hydrogen) atoms. The molecule has 0 amide bonds. The van der Waals surface area contributed by atoms with E-state index < -0.39 is 0 Å². The van der Waals surface area contributed by atoms with Crippen molar-refractivity contribution in [3.63, 3.8) is 0 Å². The summed E-state index contributed by atoms with van der Waals surface area (Å²) < 4.78 is 10.2. The van der Waals surface area contributed by atoms with Crippen molar-refractivity contribution in [2.75, 3.05) is 7.11 Å². The highest BCUT2D eigenvalue weighted by Crippen LogP contribution is 2.36. The van der Waals surface area contributed by atoms with E-state index in [0.717, 1.165) is 29.4 Å². The maximum absolute atomic E-state index is 13.3. The fourth-order valence-electron chi connectivity index (χ4n) is 4.33. The third-order valence-corrected chi connectivity index (χ3v) is 6.04. The molecule has 1 saturated carbocycles. The van der Waals surface area contributed by atoms with Crippen molar-refractivity contribution in [2.45, 2.75) is 44.8 Å². The number of hydrogen-bond donors (Lipinski definition) is 0. The summed E-state index contributed by atoms with van der Waals surface area (Å²) in [6.45, 7) is 0.658.